The first-order chi connectivity index (χ1) is 6.63. The van der Waals surface area contributed by atoms with Gasteiger partial charge in [0.2, 0.25) is 10.0 Å². The highest BCUT2D eigenvalue weighted by Gasteiger charge is 2.36. The summed E-state index contributed by atoms with van der Waals surface area (Å²) in [6.45, 7) is 4.99. The highest BCUT2D eigenvalue weighted by atomic mass is 32.2. The van der Waals surface area contributed by atoms with Gasteiger partial charge in [-0.15, -0.1) is 6.58 Å². The maximum absolute atomic E-state index is 11.8. The van der Waals surface area contributed by atoms with Crippen molar-refractivity contribution in [3.63, 3.8) is 0 Å². The molecule has 0 amide bonds. The SMILES string of the molecule is C=CC1CNC2CCCS(=O)(=O)N1C2. The van der Waals surface area contributed by atoms with Crippen LogP contribution in [0.4, 0.5) is 0 Å². The van der Waals surface area contributed by atoms with E-state index in [2.05, 4.69) is 11.9 Å². The van der Waals surface area contributed by atoms with Crippen molar-refractivity contribution in [3.8, 4) is 0 Å². The fourth-order valence-electron chi connectivity index (χ4n) is 2.15. The molecule has 2 bridgehead atoms. The van der Waals surface area contributed by atoms with Crippen LogP contribution < -0.4 is 5.32 Å². The first-order valence-electron chi connectivity index (χ1n) is 4.99. The number of hydrogen-bond acceptors (Lipinski definition) is 3. The van der Waals surface area contributed by atoms with Crippen molar-refractivity contribution in [2.75, 3.05) is 18.8 Å². The van der Waals surface area contributed by atoms with Crippen molar-refractivity contribution in [2.24, 2.45) is 0 Å². The van der Waals surface area contributed by atoms with Gasteiger partial charge >= 0.3 is 0 Å². The average molecular weight is 216 g/mol. The van der Waals surface area contributed by atoms with E-state index in [0.29, 0.717) is 19.1 Å². The summed E-state index contributed by atoms with van der Waals surface area (Å²) in [5.41, 5.74) is 0. The molecule has 0 radical (unpaired) electrons. The summed E-state index contributed by atoms with van der Waals surface area (Å²) in [7, 11) is -3.03. The Labute approximate surface area is 85.0 Å². The quantitative estimate of drug-likeness (QED) is 0.625. The molecule has 14 heavy (non-hydrogen) atoms. The third-order valence-corrected chi connectivity index (χ3v) is 4.91. The first kappa shape index (κ1) is 10.1. The third kappa shape index (κ3) is 1.71. The van der Waals surface area contributed by atoms with Gasteiger partial charge in [-0.2, -0.15) is 4.31 Å². The Bertz CT molecular complexity index is 326. The van der Waals surface area contributed by atoms with Crippen LogP contribution >= 0.6 is 0 Å². The van der Waals surface area contributed by atoms with E-state index in [1.54, 1.807) is 10.4 Å². The fourth-order valence-corrected chi connectivity index (χ4v) is 3.90. The Kier molecular flexibility index (Phi) is 2.64. The summed E-state index contributed by atoms with van der Waals surface area (Å²) in [5, 5.41) is 3.35. The number of hydrogen-bond donors (Lipinski definition) is 1. The Balaban J connectivity index is 2.29. The Morgan fingerprint density at radius 2 is 2.29 bits per heavy atom. The van der Waals surface area contributed by atoms with Gasteiger partial charge in [0.25, 0.3) is 0 Å². The van der Waals surface area contributed by atoms with Gasteiger partial charge in [-0.1, -0.05) is 6.08 Å². The van der Waals surface area contributed by atoms with Crippen LogP contribution in [0, 0.1) is 0 Å². The molecule has 2 rings (SSSR count). The first-order valence-corrected chi connectivity index (χ1v) is 6.60. The molecule has 0 aliphatic carbocycles. The fraction of sp³-hybridized carbons (Fsp3) is 0.778. The predicted molar refractivity (Wildman–Crippen MR) is 55.5 cm³/mol. The minimum absolute atomic E-state index is 0.0608. The maximum atomic E-state index is 11.8. The summed E-state index contributed by atoms with van der Waals surface area (Å²) in [4.78, 5) is 0. The van der Waals surface area contributed by atoms with Gasteiger partial charge in [-0.25, -0.2) is 8.42 Å². The summed E-state index contributed by atoms with van der Waals surface area (Å²) < 4.78 is 25.3. The number of nitrogens with one attached hydrogen (secondary N) is 1. The van der Waals surface area contributed by atoms with Crippen molar-refractivity contribution >= 4 is 10.0 Å². The minimum atomic E-state index is -3.03. The Morgan fingerprint density at radius 1 is 1.50 bits per heavy atom. The number of nitrogens with zero attached hydrogens (tertiary/aromatic N) is 1. The van der Waals surface area contributed by atoms with Crippen LogP contribution in [0.1, 0.15) is 12.8 Å². The van der Waals surface area contributed by atoms with E-state index < -0.39 is 10.0 Å². The molecule has 2 saturated heterocycles. The van der Waals surface area contributed by atoms with Gasteiger partial charge in [0.05, 0.1) is 11.8 Å². The molecule has 4 nitrogen and oxygen atoms in total. The van der Waals surface area contributed by atoms with Crippen molar-refractivity contribution < 1.29 is 8.42 Å². The minimum Gasteiger partial charge on any atom is -0.311 e. The van der Waals surface area contributed by atoms with E-state index >= 15 is 0 Å². The molecule has 5 heteroatoms. The lowest BCUT2D eigenvalue weighted by Crippen LogP contribution is -2.56. The monoisotopic (exact) mass is 216 g/mol. The Hall–Kier alpha value is -0.390. The summed E-state index contributed by atoms with van der Waals surface area (Å²) in [6, 6.07) is 0.276. The predicted octanol–water partition coefficient (Wildman–Crippen LogP) is -0.0616. The van der Waals surface area contributed by atoms with Crippen LogP contribution in [0.3, 0.4) is 0 Å². The van der Waals surface area contributed by atoms with Crippen LogP contribution in [0.25, 0.3) is 0 Å². The zero-order chi connectivity index (χ0) is 10.2. The molecular formula is C9H16N2O2S. The van der Waals surface area contributed by atoms with E-state index in [-0.39, 0.29) is 11.8 Å². The van der Waals surface area contributed by atoms with Crippen LogP contribution in [-0.2, 0) is 10.0 Å². The highest BCUT2D eigenvalue weighted by molar-refractivity contribution is 7.89. The van der Waals surface area contributed by atoms with Crippen molar-refractivity contribution in [2.45, 2.75) is 24.9 Å². The number of fused-ring (bicyclic) bond motifs is 2. The average Bonchev–Trinajstić information content (AvgIpc) is 2.27. The van der Waals surface area contributed by atoms with E-state index in [9.17, 15) is 8.42 Å². The van der Waals surface area contributed by atoms with E-state index in [1.165, 1.54) is 0 Å². The van der Waals surface area contributed by atoms with Crippen molar-refractivity contribution in [3.05, 3.63) is 12.7 Å². The Morgan fingerprint density at radius 3 is 3.00 bits per heavy atom. The molecule has 2 heterocycles. The molecule has 0 saturated carbocycles. The second-order valence-electron chi connectivity index (χ2n) is 3.94. The molecular weight excluding hydrogens is 200 g/mol. The zero-order valence-electron chi connectivity index (χ0n) is 8.15. The second-order valence-corrected chi connectivity index (χ2v) is 5.98. The van der Waals surface area contributed by atoms with Gasteiger partial charge in [0.1, 0.15) is 0 Å². The number of rotatable bonds is 1. The van der Waals surface area contributed by atoms with Crippen LogP contribution in [0.2, 0.25) is 0 Å². The molecule has 2 aliphatic rings. The smallest absolute Gasteiger partial charge is 0.214 e. The summed E-state index contributed by atoms with van der Waals surface area (Å²) >= 11 is 0. The molecule has 2 aliphatic heterocycles. The highest BCUT2D eigenvalue weighted by Crippen LogP contribution is 2.21. The summed E-state index contributed by atoms with van der Waals surface area (Å²) in [5.74, 6) is 0.287. The van der Waals surface area contributed by atoms with Gasteiger partial charge in [0.15, 0.2) is 0 Å². The molecule has 0 aromatic heterocycles. The van der Waals surface area contributed by atoms with Gasteiger partial charge in [-0.3, -0.25) is 0 Å². The molecule has 1 N–H and O–H groups in total. The van der Waals surface area contributed by atoms with Crippen LogP contribution in [-0.4, -0.2) is 43.6 Å². The lowest BCUT2D eigenvalue weighted by atomic mass is 10.1. The summed E-state index contributed by atoms with van der Waals surface area (Å²) in [6.07, 6.45) is 3.44. The third-order valence-electron chi connectivity index (χ3n) is 2.97. The largest absolute Gasteiger partial charge is 0.311 e. The second kappa shape index (κ2) is 3.64. The van der Waals surface area contributed by atoms with E-state index in [1.807, 2.05) is 0 Å². The zero-order valence-corrected chi connectivity index (χ0v) is 8.96. The van der Waals surface area contributed by atoms with Gasteiger partial charge in [-0.05, 0) is 12.8 Å². The topological polar surface area (TPSA) is 49.4 Å². The molecule has 2 fully saturated rings. The molecule has 0 spiro atoms. The molecule has 80 valence electrons. The molecule has 3 atom stereocenters. The maximum Gasteiger partial charge on any atom is 0.214 e. The molecule has 3 unspecified atom stereocenters. The van der Waals surface area contributed by atoms with E-state index in [0.717, 1.165) is 12.8 Å². The van der Waals surface area contributed by atoms with E-state index in [4.69, 9.17) is 0 Å². The lowest BCUT2D eigenvalue weighted by Gasteiger charge is -2.35. The van der Waals surface area contributed by atoms with Crippen LogP contribution in [0.15, 0.2) is 12.7 Å². The normalized spacial score (nSPS) is 41.3. The standard InChI is InChI=1S/C9H16N2O2S/c1-2-9-6-10-8-4-3-5-14(12,13)11(9)7-8/h2,8-10H,1,3-7H2. The van der Waals surface area contributed by atoms with Gasteiger partial charge < -0.3 is 5.32 Å². The van der Waals surface area contributed by atoms with Crippen LogP contribution in [0.5, 0.6) is 0 Å². The van der Waals surface area contributed by atoms with Crippen molar-refractivity contribution in [1.29, 1.82) is 0 Å². The number of piperazine rings is 1. The lowest BCUT2D eigenvalue weighted by molar-refractivity contribution is 0.257. The van der Waals surface area contributed by atoms with Crippen molar-refractivity contribution in [1.82, 2.24) is 9.62 Å². The molecule has 0 aromatic carbocycles. The molecule has 0 aromatic rings. The van der Waals surface area contributed by atoms with Gasteiger partial charge in [0, 0.05) is 19.1 Å². The number of sulfonamides is 1.